The van der Waals surface area contributed by atoms with Gasteiger partial charge in [0.2, 0.25) is 21.8 Å². The molecule has 4 N–H and O–H groups in total. The van der Waals surface area contributed by atoms with Gasteiger partial charge in [-0.2, -0.15) is 0 Å². The molecular formula is C41H52N6O9S. The minimum Gasteiger partial charge on any atom is -0.494 e. The van der Waals surface area contributed by atoms with Gasteiger partial charge in [-0.15, -0.1) is 0 Å². The number of benzene rings is 1. The van der Waals surface area contributed by atoms with E-state index in [1.165, 1.54) is 4.90 Å². The average molecular weight is 805 g/mol. The third kappa shape index (κ3) is 9.59. The molecule has 1 saturated heterocycles. The Labute approximate surface area is 333 Å². The van der Waals surface area contributed by atoms with E-state index in [1.54, 1.807) is 18.2 Å². The number of pyridine rings is 1. The summed E-state index contributed by atoms with van der Waals surface area (Å²) in [6, 6.07) is 9.62. The molecule has 1 unspecified atom stereocenters. The summed E-state index contributed by atoms with van der Waals surface area (Å²) < 4.78 is 39.6. The number of nitrogens with zero attached hydrogens (tertiary/aromatic N) is 2. The Kier molecular flexibility index (Phi) is 11.6. The highest BCUT2D eigenvalue weighted by atomic mass is 32.2. The van der Waals surface area contributed by atoms with Crippen molar-refractivity contribution in [1.82, 2.24) is 30.6 Å². The Morgan fingerprint density at radius 1 is 0.947 bits per heavy atom. The van der Waals surface area contributed by atoms with Crippen LogP contribution in [0.1, 0.15) is 95.0 Å². The van der Waals surface area contributed by atoms with Crippen LogP contribution in [0.25, 0.3) is 11.3 Å². The summed E-state index contributed by atoms with van der Waals surface area (Å²) in [5, 5.41) is 7.92. The van der Waals surface area contributed by atoms with E-state index in [1.807, 2.05) is 50.3 Å². The summed E-state index contributed by atoms with van der Waals surface area (Å²) in [5.74, 6) is -2.33. The molecular weight excluding hydrogens is 753 g/mol. The Morgan fingerprint density at radius 2 is 1.74 bits per heavy atom. The number of ether oxygens (including phenoxy) is 2. The van der Waals surface area contributed by atoms with E-state index in [0.717, 1.165) is 18.4 Å². The molecule has 15 nitrogen and oxygen atoms in total. The van der Waals surface area contributed by atoms with E-state index in [-0.39, 0.29) is 38.1 Å². The zero-order chi connectivity index (χ0) is 40.4. The maximum absolute atomic E-state index is 14.5. The van der Waals surface area contributed by atoms with Gasteiger partial charge in [-0.1, -0.05) is 57.0 Å². The zero-order valence-corrected chi connectivity index (χ0v) is 33.3. The van der Waals surface area contributed by atoms with Crippen LogP contribution < -0.4 is 25.4 Å². The number of carbonyl (C=O) groups is 5. The van der Waals surface area contributed by atoms with Crippen LogP contribution in [-0.2, 0) is 29.1 Å². The second-order valence-electron chi connectivity index (χ2n) is 16.8. The number of amides is 5. The molecule has 1 aromatic heterocycles. The molecule has 306 valence electrons. The van der Waals surface area contributed by atoms with Crippen molar-refractivity contribution < 1.29 is 41.9 Å². The molecule has 2 aliphatic carbocycles. The van der Waals surface area contributed by atoms with Crippen molar-refractivity contribution in [2.75, 3.05) is 19.8 Å². The fraction of sp³-hybridized carbons (Fsp3) is 0.561. The summed E-state index contributed by atoms with van der Waals surface area (Å²) in [7, 11) is -3.91. The summed E-state index contributed by atoms with van der Waals surface area (Å²) in [5.41, 5.74) is -0.492. The minimum absolute atomic E-state index is 0.00762. The normalized spacial score (nSPS) is 29.2. The van der Waals surface area contributed by atoms with Gasteiger partial charge in [-0.3, -0.25) is 23.9 Å². The van der Waals surface area contributed by atoms with Crippen molar-refractivity contribution in [3.63, 3.8) is 0 Å². The second-order valence-corrected chi connectivity index (χ2v) is 18.7. The Morgan fingerprint density at radius 3 is 2.54 bits per heavy atom. The Balaban J connectivity index is 1.20. The van der Waals surface area contributed by atoms with E-state index in [9.17, 15) is 32.4 Å². The molecule has 1 aromatic carbocycles. The first-order chi connectivity index (χ1) is 27.2. The summed E-state index contributed by atoms with van der Waals surface area (Å²) in [4.78, 5) is 75.7. The van der Waals surface area contributed by atoms with Crippen LogP contribution in [0.2, 0.25) is 0 Å². The number of fused-ring (bicyclic) bond motifs is 8. The lowest BCUT2D eigenvalue weighted by Gasteiger charge is -2.30. The quantitative estimate of drug-likeness (QED) is 0.331. The molecule has 0 radical (unpaired) electrons. The first-order valence-corrected chi connectivity index (χ1v) is 21.6. The fourth-order valence-corrected chi connectivity index (χ4v) is 9.25. The number of cyclic esters (lactones) is 1. The molecule has 57 heavy (non-hydrogen) atoms. The number of rotatable bonds is 3. The molecule has 2 saturated carbocycles. The monoisotopic (exact) mass is 804 g/mol. The molecule has 5 aliphatic rings. The Bertz CT molecular complexity index is 2030. The highest BCUT2D eigenvalue weighted by molar-refractivity contribution is 7.91. The van der Waals surface area contributed by atoms with Crippen LogP contribution in [0.3, 0.4) is 0 Å². The third-order valence-corrected chi connectivity index (χ3v) is 13.3. The SMILES string of the molecule is CC1(C)CCCOc2cccc(c2)-c2cccc(n2)C(=O)N[C@@H]2C[C@H]3C(=O)NC4(C(=O)NS(=O)(=O)C5CC5)C[C@H]4/C=C\CCCCC[C@H](NC(=O)OC1)C(=O)N3C2. The lowest BCUT2D eigenvalue weighted by atomic mass is 9.89. The third-order valence-electron chi connectivity index (χ3n) is 11.5. The number of hydrogen-bond donors (Lipinski definition) is 4. The van der Waals surface area contributed by atoms with Gasteiger partial charge in [0.15, 0.2) is 0 Å². The van der Waals surface area contributed by atoms with Gasteiger partial charge in [0.05, 0.1) is 24.2 Å². The predicted molar refractivity (Wildman–Crippen MR) is 209 cm³/mol. The minimum atomic E-state index is -3.91. The topological polar surface area (TPSA) is 202 Å². The maximum Gasteiger partial charge on any atom is 0.407 e. The van der Waals surface area contributed by atoms with Crippen molar-refractivity contribution in [2.45, 2.75) is 113 Å². The lowest BCUT2D eigenvalue weighted by Crippen LogP contribution is -2.58. The molecule has 3 aliphatic heterocycles. The average Bonchev–Trinajstić information content (AvgIpc) is 4.11. The molecule has 16 heteroatoms. The summed E-state index contributed by atoms with van der Waals surface area (Å²) >= 11 is 0. The van der Waals surface area contributed by atoms with Crippen molar-refractivity contribution in [1.29, 1.82) is 0 Å². The van der Waals surface area contributed by atoms with Gasteiger partial charge in [-0.25, -0.2) is 18.2 Å². The van der Waals surface area contributed by atoms with Crippen LogP contribution in [0.4, 0.5) is 4.79 Å². The molecule has 5 atom stereocenters. The summed E-state index contributed by atoms with van der Waals surface area (Å²) in [6.45, 7) is 4.43. The zero-order valence-electron chi connectivity index (χ0n) is 32.5. The molecule has 0 spiro atoms. The van der Waals surface area contributed by atoms with Crippen LogP contribution in [0.5, 0.6) is 5.75 Å². The largest absolute Gasteiger partial charge is 0.494 e. The second kappa shape index (κ2) is 16.5. The highest BCUT2D eigenvalue weighted by Crippen LogP contribution is 2.46. The number of allylic oxidation sites excluding steroid dienone is 1. The number of nitrogens with one attached hydrogen (secondary N) is 4. The first-order valence-electron chi connectivity index (χ1n) is 20.0. The van der Waals surface area contributed by atoms with E-state index < -0.39 is 80.0 Å². The van der Waals surface area contributed by atoms with Crippen LogP contribution in [0, 0.1) is 11.3 Å². The standard InChI is InChI=1S/C41H52N6O9S/c1-40(2)19-10-20-55-29-13-8-11-26(21-29)31-15-9-16-32(43-31)35(48)42-28-22-34-36(49)45-41(38(51)46-57(53,54)30-17-18-30)23-27(41)12-6-4-3-5-7-14-33(37(50)47(34)24-28)44-39(52)56-25-40/h6,8-9,11-13,15-16,21,27-28,30,33-34H,3-5,7,10,14,17-20,22-25H2,1-2H3,(H,42,48)(H,44,52)(H,45,49)(H,46,51)/b12-6-/t27-,28-,33+,34+,41?/m1/s1. The maximum atomic E-state index is 14.5. The number of sulfonamides is 1. The number of hydrogen-bond acceptors (Lipinski definition) is 10. The Hall–Kier alpha value is -4.99. The van der Waals surface area contributed by atoms with Gasteiger partial charge in [-0.05, 0) is 87.5 Å². The van der Waals surface area contributed by atoms with Gasteiger partial charge in [0, 0.05) is 24.1 Å². The lowest BCUT2D eigenvalue weighted by molar-refractivity contribution is -0.141. The number of alkyl carbamates (subject to hydrolysis) is 1. The van der Waals surface area contributed by atoms with Gasteiger partial charge in [0.25, 0.3) is 11.8 Å². The summed E-state index contributed by atoms with van der Waals surface area (Å²) in [6.07, 6.45) is 8.56. The molecule has 7 bridgehead atoms. The van der Waals surface area contributed by atoms with Gasteiger partial charge in [0.1, 0.15) is 29.1 Å². The van der Waals surface area contributed by atoms with Crippen molar-refractivity contribution in [2.24, 2.45) is 11.3 Å². The van der Waals surface area contributed by atoms with Gasteiger partial charge >= 0.3 is 6.09 Å². The molecule has 5 amide bonds. The molecule has 3 fully saturated rings. The van der Waals surface area contributed by atoms with Crippen molar-refractivity contribution in [3.05, 3.63) is 60.3 Å². The molecule has 4 heterocycles. The molecule has 2 aromatic rings. The fourth-order valence-electron chi connectivity index (χ4n) is 7.89. The number of carbonyl (C=O) groups excluding carboxylic acids is 5. The van der Waals surface area contributed by atoms with Crippen LogP contribution in [-0.4, -0.2) is 96.7 Å². The van der Waals surface area contributed by atoms with E-state index in [0.29, 0.717) is 56.6 Å². The smallest absolute Gasteiger partial charge is 0.407 e. The van der Waals surface area contributed by atoms with Crippen molar-refractivity contribution >= 4 is 39.7 Å². The predicted octanol–water partition coefficient (Wildman–Crippen LogP) is 3.75. The van der Waals surface area contributed by atoms with Crippen LogP contribution >= 0.6 is 0 Å². The van der Waals surface area contributed by atoms with Crippen LogP contribution in [0.15, 0.2) is 54.6 Å². The first kappa shape index (κ1) is 40.2. The van der Waals surface area contributed by atoms with E-state index >= 15 is 0 Å². The van der Waals surface area contributed by atoms with E-state index in [4.69, 9.17) is 9.47 Å². The highest BCUT2D eigenvalue weighted by Gasteiger charge is 2.62. The van der Waals surface area contributed by atoms with E-state index in [2.05, 4.69) is 25.7 Å². The van der Waals surface area contributed by atoms with Crippen molar-refractivity contribution in [3.8, 4) is 17.0 Å². The number of aromatic nitrogens is 1. The molecule has 7 rings (SSSR count). The van der Waals surface area contributed by atoms with Gasteiger partial charge < -0.3 is 30.3 Å².